The fraction of sp³-hybridized carbons (Fsp3) is 0.333. The Bertz CT molecular complexity index is 535. The number of aliphatic imine (C=N–C) groups is 1. The fourth-order valence-corrected chi connectivity index (χ4v) is 1.76. The molecule has 2 heterocycles. The third-order valence-electron chi connectivity index (χ3n) is 2.56. The zero-order chi connectivity index (χ0) is 11.2. The van der Waals surface area contributed by atoms with Crippen LogP contribution in [0.15, 0.2) is 29.3 Å². The van der Waals surface area contributed by atoms with E-state index >= 15 is 0 Å². The van der Waals surface area contributed by atoms with Crippen LogP contribution >= 0.6 is 0 Å². The Balaban J connectivity index is 2.07. The summed E-state index contributed by atoms with van der Waals surface area (Å²) in [6, 6.07) is 7.90. The first-order valence-corrected chi connectivity index (χ1v) is 5.32. The lowest BCUT2D eigenvalue weighted by Crippen LogP contribution is -2.17. The number of hydrogen-bond donors (Lipinski definition) is 1. The van der Waals surface area contributed by atoms with Gasteiger partial charge in [0.1, 0.15) is 6.61 Å². The van der Waals surface area contributed by atoms with Gasteiger partial charge in [0.2, 0.25) is 0 Å². The number of ether oxygens (including phenoxy) is 1. The van der Waals surface area contributed by atoms with Crippen LogP contribution in [0.1, 0.15) is 19.7 Å². The monoisotopic (exact) mass is 215 g/mol. The van der Waals surface area contributed by atoms with Gasteiger partial charge in [0.05, 0.1) is 16.6 Å². The van der Waals surface area contributed by atoms with Crippen molar-refractivity contribution in [3.63, 3.8) is 0 Å². The zero-order valence-electron chi connectivity index (χ0n) is 9.32. The molecular weight excluding hydrogens is 202 g/mol. The maximum Gasteiger partial charge on any atom is 0.253 e. The topological polar surface area (TPSA) is 50.3 Å². The van der Waals surface area contributed by atoms with Gasteiger partial charge >= 0.3 is 0 Å². The van der Waals surface area contributed by atoms with Gasteiger partial charge in [0.25, 0.3) is 5.90 Å². The molecule has 0 fully saturated rings. The Labute approximate surface area is 93.4 Å². The number of hydrogen-bond acceptors (Lipinski definition) is 3. The minimum absolute atomic E-state index is 0.145. The predicted molar refractivity (Wildman–Crippen MR) is 62.7 cm³/mol. The molecule has 0 amide bonds. The SMILES string of the molecule is CC1(C)COC(c2nc3ccccc3[nH]2)=N1. The van der Waals surface area contributed by atoms with Crippen LogP contribution in [0.5, 0.6) is 0 Å². The molecule has 16 heavy (non-hydrogen) atoms. The molecule has 3 rings (SSSR count). The molecule has 4 heteroatoms. The summed E-state index contributed by atoms with van der Waals surface area (Å²) in [5, 5.41) is 0. The summed E-state index contributed by atoms with van der Waals surface area (Å²) in [6.45, 7) is 4.70. The van der Waals surface area contributed by atoms with E-state index in [9.17, 15) is 0 Å². The van der Waals surface area contributed by atoms with E-state index in [1.54, 1.807) is 0 Å². The predicted octanol–water partition coefficient (Wildman–Crippen LogP) is 2.12. The first-order valence-electron chi connectivity index (χ1n) is 5.32. The molecule has 1 aliphatic heterocycles. The summed E-state index contributed by atoms with van der Waals surface area (Å²) in [6.07, 6.45) is 0. The molecule has 1 aliphatic rings. The highest BCUT2D eigenvalue weighted by Crippen LogP contribution is 2.20. The summed E-state index contributed by atoms with van der Waals surface area (Å²) in [4.78, 5) is 12.1. The van der Waals surface area contributed by atoms with Crippen molar-refractivity contribution in [3.8, 4) is 0 Å². The summed E-state index contributed by atoms with van der Waals surface area (Å²) in [7, 11) is 0. The van der Waals surface area contributed by atoms with Crippen LogP contribution in [-0.2, 0) is 4.74 Å². The fourth-order valence-electron chi connectivity index (χ4n) is 1.76. The Kier molecular flexibility index (Phi) is 1.80. The van der Waals surface area contributed by atoms with Gasteiger partial charge in [0.15, 0.2) is 5.82 Å². The largest absolute Gasteiger partial charge is 0.473 e. The van der Waals surface area contributed by atoms with Crippen LogP contribution in [0.4, 0.5) is 0 Å². The lowest BCUT2D eigenvalue weighted by molar-refractivity contribution is 0.278. The van der Waals surface area contributed by atoms with Gasteiger partial charge in [-0.2, -0.15) is 0 Å². The second kappa shape index (κ2) is 3.07. The van der Waals surface area contributed by atoms with Crippen molar-refractivity contribution in [2.75, 3.05) is 6.61 Å². The molecule has 0 atom stereocenters. The van der Waals surface area contributed by atoms with Gasteiger partial charge in [-0.05, 0) is 26.0 Å². The Morgan fingerprint density at radius 2 is 2.12 bits per heavy atom. The number of H-pyrrole nitrogens is 1. The lowest BCUT2D eigenvalue weighted by atomic mass is 10.1. The molecular formula is C12H13N3O. The van der Waals surface area contributed by atoms with Crippen molar-refractivity contribution in [2.24, 2.45) is 4.99 Å². The first kappa shape index (κ1) is 9.39. The van der Waals surface area contributed by atoms with Crippen molar-refractivity contribution in [3.05, 3.63) is 30.1 Å². The lowest BCUT2D eigenvalue weighted by Gasteiger charge is -2.07. The van der Waals surface area contributed by atoms with Crippen LogP contribution in [0.3, 0.4) is 0 Å². The normalized spacial score (nSPS) is 18.5. The second-order valence-electron chi connectivity index (χ2n) is 4.62. The van der Waals surface area contributed by atoms with Crippen molar-refractivity contribution in [1.29, 1.82) is 0 Å². The van der Waals surface area contributed by atoms with Crippen molar-refractivity contribution in [2.45, 2.75) is 19.4 Å². The number of fused-ring (bicyclic) bond motifs is 1. The number of rotatable bonds is 1. The van der Waals surface area contributed by atoms with Crippen molar-refractivity contribution < 1.29 is 4.74 Å². The van der Waals surface area contributed by atoms with Crippen LogP contribution in [-0.4, -0.2) is 28.0 Å². The minimum atomic E-state index is -0.145. The number of nitrogens with one attached hydrogen (secondary N) is 1. The van der Waals surface area contributed by atoms with E-state index in [1.165, 1.54) is 0 Å². The Hall–Kier alpha value is -1.84. The number of para-hydroxylation sites is 2. The van der Waals surface area contributed by atoms with Crippen molar-refractivity contribution in [1.82, 2.24) is 9.97 Å². The Morgan fingerprint density at radius 3 is 2.81 bits per heavy atom. The van der Waals surface area contributed by atoms with Gasteiger partial charge in [-0.3, -0.25) is 0 Å². The molecule has 1 N–H and O–H groups in total. The number of aromatic amines is 1. The van der Waals surface area contributed by atoms with E-state index in [1.807, 2.05) is 38.1 Å². The summed E-state index contributed by atoms with van der Waals surface area (Å²) >= 11 is 0. The minimum Gasteiger partial charge on any atom is -0.473 e. The zero-order valence-corrected chi connectivity index (χ0v) is 9.32. The number of benzene rings is 1. The van der Waals surface area contributed by atoms with Crippen LogP contribution in [0.2, 0.25) is 0 Å². The highest BCUT2D eigenvalue weighted by Gasteiger charge is 2.28. The average Bonchev–Trinajstić information content (AvgIpc) is 2.80. The van der Waals surface area contributed by atoms with Crippen LogP contribution in [0.25, 0.3) is 11.0 Å². The summed E-state index contributed by atoms with van der Waals surface area (Å²) < 4.78 is 5.54. The highest BCUT2D eigenvalue weighted by molar-refractivity contribution is 5.95. The van der Waals surface area contributed by atoms with E-state index < -0.39 is 0 Å². The average molecular weight is 215 g/mol. The van der Waals surface area contributed by atoms with Gasteiger partial charge in [-0.25, -0.2) is 9.98 Å². The molecule has 1 aromatic heterocycles. The third kappa shape index (κ3) is 1.46. The smallest absolute Gasteiger partial charge is 0.253 e. The maximum atomic E-state index is 5.54. The maximum absolute atomic E-state index is 5.54. The number of aromatic nitrogens is 2. The van der Waals surface area contributed by atoms with Gasteiger partial charge in [0, 0.05) is 0 Å². The van der Waals surface area contributed by atoms with Crippen molar-refractivity contribution >= 4 is 16.9 Å². The third-order valence-corrected chi connectivity index (χ3v) is 2.56. The van der Waals surface area contributed by atoms with Crippen LogP contribution in [0, 0.1) is 0 Å². The van der Waals surface area contributed by atoms with E-state index in [0.29, 0.717) is 18.3 Å². The van der Waals surface area contributed by atoms with Gasteiger partial charge < -0.3 is 9.72 Å². The summed E-state index contributed by atoms with van der Waals surface area (Å²) in [5.41, 5.74) is 1.80. The van der Waals surface area contributed by atoms with E-state index in [-0.39, 0.29) is 5.54 Å². The molecule has 0 saturated carbocycles. The molecule has 0 unspecified atom stereocenters. The quantitative estimate of drug-likeness (QED) is 0.792. The van der Waals surface area contributed by atoms with E-state index in [4.69, 9.17) is 4.74 Å². The molecule has 0 radical (unpaired) electrons. The number of nitrogens with zero attached hydrogens (tertiary/aromatic N) is 2. The molecule has 82 valence electrons. The van der Waals surface area contributed by atoms with E-state index in [0.717, 1.165) is 11.0 Å². The molecule has 0 spiro atoms. The molecule has 2 aromatic rings. The second-order valence-corrected chi connectivity index (χ2v) is 4.62. The number of imidazole rings is 1. The molecule has 0 saturated heterocycles. The van der Waals surface area contributed by atoms with Gasteiger partial charge in [-0.15, -0.1) is 0 Å². The molecule has 0 aliphatic carbocycles. The highest BCUT2D eigenvalue weighted by atomic mass is 16.5. The van der Waals surface area contributed by atoms with Crippen LogP contribution < -0.4 is 0 Å². The van der Waals surface area contributed by atoms with Gasteiger partial charge in [-0.1, -0.05) is 12.1 Å². The molecule has 0 bridgehead atoms. The standard InChI is InChI=1S/C12H13N3O/c1-12(2)7-16-11(15-12)10-13-8-5-3-4-6-9(8)14-10/h3-6H,7H2,1-2H3,(H,13,14). The van der Waals surface area contributed by atoms with E-state index in [2.05, 4.69) is 15.0 Å². The first-order chi connectivity index (χ1) is 7.64. The molecule has 1 aromatic carbocycles. The summed E-state index contributed by atoms with van der Waals surface area (Å²) in [5.74, 6) is 1.33. The Morgan fingerprint density at radius 1 is 1.31 bits per heavy atom. The molecule has 4 nitrogen and oxygen atoms in total.